The van der Waals surface area contributed by atoms with Gasteiger partial charge in [-0.15, -0.1) is 0 Å². The van der Waals surface area contributed by atoms with E-state index in [9.17, 15) is 17.6 Å². The van der Waals surface area contributed by atoms with E-state index >= 15 is 0 Å². The second-order valence-corrected chi connectivity index (χ2v) is 13.4. The predicted molar refractivity (Wildman–Crippen MR) is 172 cm³/mol. The second-order valence-electron chi connectivity index (χ2n) is 11.6. The first-order chi connectivity index (χ1) is 22.2. The first-order valence-corrected chi connectivity index (χ1v) is 16.8. The Morgan fingerprint density at radius 2 is 1.87 bits per heavy atom. The van der Waals surface area contributed by atoms with E-state index in [-0.39, 0.29) is 18.4 Å². The van der Waals surface area contributed by atoms with Crippen LogP contribution < -0.4 is 10.0 Å². The zero-order valence-electron chi connectivity index (χ0n) is 24.8. The number of amides is 1. The number of sulfonamides is 1. The fraction of sp³-hybridized carbons (Fsp3) is 0.250. The number of H-pyrrole nitrogens is 2. The number of halogens is 1. The number of aromatic nitrogens is 7. The molecule has 1 aromatic carbocycles. The fourth-order valence-electron chi connectivity index (χ4n) is 5.89. The molecule has 0 saturated heterocycles. The van der Waals surface area contributed by atoms with Crippen LogP contribution in [0.25, 0.3) is 56.0 Å². The third kappa shape index (κ3) is 6.21. The van der Waals surface area contributed by atoms with Crippen LogP contribution in [-0.2, 0) is 21.4 Å². The lowest BCUT2D eigenvalue weighted by Gasteiger charge is -2.20. The number of nitrogens with zero attached hydrogens (tertiary/aromatic N) is 5. The van der Waals surface area contributed by atoms with Crippen molar-refractivity contribution in [3.63, 3.8) is 0 Å². The smallest absolute Gasteiger partial charge is 0.227 e. The van der Waals surface area contributed by atoms with E-state index < -0.39 is 15.8 Å². The van der Waals surface area contributed by atoms with E-state index in [0.717, 1.165) is 42.9 Å². The number of fused-ring (bicyclic) bond motifs is 2. The molecule has 0 unspecified atom stereocenters. The van der Waals surface area contributed by atoms with Gasteiger partial charge in [-0.25, -0.2) is 27.5 Å². The van der Waals surface area contributed by atoms with E-state index in [2.05, 4.69) is 40.2 Å². The van der Waals surface area contributed by atoms with Gasteiger partial charge in [-0.05, 0) is 60.4 Å². The van der Waals surface area contributed by atoms with Gasteiger partial charge >= 0.3 is 0 Å². The van der Waals surface area contributed by atoms with Gasteiger partial charge in [-0.3, -0.25) is 19.9 Å². The molecule has 1 aliphatic rings. The van der Waals surface area contributed by atoms with Crippen LogP contribution in [0.3, 0.4) is 0 Å². The molecule has 0 atom stereocenters. The lowest BCUT2D eigenvalue weighted by molar-refractivity contribution is -0.120. The Labute approximate surface area is 263 Å². The Morgan fingerprint density at radius 1 is 1.02 bits per heavy atom. The van der Waals surface area contributed by atoms with Crippen LogP contribution in [0, 0.1) is 11.7 Å². The van der Waals surface area contributed by atoms with Crippen molar-refractivity contribution in [1.82, 2.24) is 39.8 Å². The van der Waals surface area contributed by atoms with Crippen molar-refractivity contribution in [3.8, 4) is 33.9 Å². The third-order valence-electron chi connectivity index (χ3n) is 8.14. The number of rotatable bonds is 8. The normalized spacial score (nSPS) is 14.2. The van der Waals surface area contributed by atoms with E-state index in [1.54, 1.807) is 36.9 Å². The molecule has 12 nitrogen and oxygen atoms in total. The average Bonchev–Trinajstić information content (AvgIpc) is 3.68. The van der Waals surface area contributed by atoms with Crippen molar-refractivity contribution >= 4 is 43.7 Å². The molecule has 1 saturated carbocycles. The molecule has 7 rings (SSSR count). The Balaban J connectivity index is 1.21. The average molecular weight is 640 g/mol. The van der Waals surface area contributed by atoms with E-state index in [1.807, 2.05) is 12.1 Å². The van der Waals surface area contributed by atoms with E-state index in [4.69, 9.17) is 4.98 Å². The van der Waals surface area contributed by atoms with Gasteiger partial charge in [0.25, 0.3) is 0 Å². The van der Waals surface area contributed by atoms with E-state index in [1.165, 1.54) is 18.6 Å². The summed E-state index contributed by atoms with van der Waals surface area (Å²) in [7, 11) is -3.45. The highest BCUT2D eigenvalue weighted by Crippen LogP contribution is 2.33. The highest BCUT2D eigenvalue weighted by atomic mass is 32.2. The molecule has 0 aliphatic heterocycles. The van der Waals surface area contributed by atoms with Crippen LogP contribution in [0.1, 0.15) is 37.7 Å². The van der Waals surface area contributed by atoms with E-state index in [0.29, 0.717) is 56.3 Å². The summed E-state index contributed by atoms with van der Waals surface area (Å²) < 4.78 is 40.2. The van der Waals surface area contributed by atoms with Crippen LogP contribution in [-0.4, -0.2) is 55.7 Å². The quantitative estimate of drug-likeness (QED) is 0.173. The first-order valence-electron chi connectivity index (χ1n) is 14.9. The summed E-state index contributed by atoms with van der Waals surface area (Å²) in [6.45, 7) is -0.0510. The number of anilines is 1. The molecule has 0 bridgehead atoms. The minimum absolute atomic E-state index is 0.0251. The molecule has 1 amide bonds. The molecule has 0 radical (unpaired) electrons. The number of hydrogen-bond donors (Lipinski definition) is 4. The number of benzene rings is 1. The predicted octanol–water partition coefficient (Wildman–Crippen LogP) is 5.33. The maximum Gasteiger partial charge on any atom is 0.227 e. The van der Waals surface area contributed by atoms with Crippen LogP contribution in [0.2, 0.25) is 0 Å². The molecule has 6 aromatic rings. The number of aromatic amines is 2. The standard InChI is InChI=1S/C32H30FN9O3S/c1-46(44,45)37-14-18-9-20(11-22(33)10-18)24-7-8-35-30-28(24)39-31(40-30)29-25-13-26(36-17-27(25)41-42-29)21-12-23(16-34-15-21)38-32(43)19-5-3-2-4-6-19/h7-13,15-17,19,37H,2-6,14H2,1H3,(H,38,43)(H,41,42)(H,35,39,40). The van der Waals surface area contributed by atoms with Gasteiger partial charge in [0.05, 0.1) is 35.5 Å². The molecular weight excluding hydrogens is 609 g/mol. The molecule has 5 aromatic heterocycles. The van der Waals surface area contributed by atoms with Gasteiger partial charge in [0.2, 0.25) is 15.9 Å². The Hall–Kier alpha value is -5.08. The van der Waals surface area contributed by atoms with Crippen molar-refractivity contribution in [3.05, 3.63) is 72.6 Å². The summed E-state index contributed by atoms with van der Waals surface area (Å²) in [6.07, 6.45) is 12.8. The molecule has 1 aliphatic carbocycles. The van der Waals surface area contributed by atoms with Crippen LogP contribution in [0.4, 0.5) is 10.1 Å². The van der Waals surface area contributed by atoms with Crippen molar-refractivity contribution in [1.29, 1.82) is 0 Å². The number of carbonyl (C=O) groups excluding carboxylic acids is 1. The van der Waals surface area contributed by atoms with Gasteiger partial charge in [0.15, 0.2) is 11.5 Å². The molecule has 5 heterocycles. The van der Waals surface area contributed by atoms with Crippen molar-refractivity contribution < 1.29 is 17.6 Å². The van der Waals surface area contributed by atoms with Gasteiger partial charge in [-0.1, -0.05) is 19.3 Å². The molecule has 234 valence electrons. The number of carbonyl (C=O) groups is 1. The van der Waals surface area contributed by atoms with Gasteiger partial charge in [0, 0.05) is 41.4 Å². The minimum Gasteiger partial charge on any atom is -0.324 e. The fourth-order valence-corrected chi connectivity index (χ4v) is 6.32. The summed E-state index contributed by atoms with van der Waals surface area (Å²) in [4.78, 5) is 34.2. The number of nitrogens with one attached hydrogen (secondary N) is 4. The maximum atomic E-state index is 14.6. The number of pyridine rings is 3. The number of imidazole rings is 1. The van der Waals surface area contributed by atoms with Crippen molar-refractivity contribution in [2.24, 2.45) is 5.92 Å². The van der Waals surface area contributed by atoms with Crippen LogP contribution >= 0.6 is 0 Å². The largest absolute Gasteiger partial charge is 0.324 e. The molecular formula is C32H30FN9O3S. The topological polar surface area (TPSA) is 171 Å². The Kier molecular flexibility index (Phi) is 7.74. The first kappa shape index (κ1) is 29.6. The molecule has 46 heavy (non-hydrogen) atoms. The zero-order valence-corrected chi connectivity index (χ0v) is 25.7. The number of hydrogen-bond acceptors (Lipinski definition) is 8. The Morgan fingerprint density at radius 3 is 2.70 bits per heavy atom. The van der Waals surface area contributed by atoms with Crippen LogP contribution in [0.15, 0.2) is 61.2 Å². The molecule has 4 N–H and O–H groups in total. The highest BCUT2D eigenvalue weighted by molar-refractivity contribution is 7.88. The lowest BCUT2D eigenvalue weighted by atomic mass is 9.88. The molecule has 14 heteroatoms. The monoisotopic (exact) mass is 639 g/mol. The van der Waals surface area contributed by atoms with Gasteiger partial charge in [-0.2, -0.15) is 5.10 Å². The molecule has 1 fully saturated rings. The second kappa shape index (κ2) is 12.0. The van der Waals surface area contributed by atoms with Gasteiger partial charge in [0.1, 0.15) is 17.0 Å². The Bertz CT molecular complexity index is 2210. The maximum absolute atomic E-state index is 14.6. The van der Waals surface area contributed by atoms with Crippen molar-refractivity contribution in [2.45, 2.75) is 38.6 Å². The summed E-state index contributed by atoms with van der Waals surface area (Å²) in [5.41, 5.74) is 5.80. The highest BCUT2D eigenvalue weighted by Gasteiger charge is 2.22. The summed E-state index contributed by atoms with van der Waals surface area (Å²) >= 11 is 0. The zero-order chi connectivity index (χ0) is 31.8. The lowest BCUT2D eigenvalue weighted by Crippen LogP contribution is -2.24. The minimum atomic E-state index is -3.45. The molecule has 0 spiro atoms. The SMILES string of the molecule is CS(=O)(=O)NCc1cc(F)cc(-c2ccnc3[nH]c(-c4n[nH]c5cnc(-c6cncc(NC(=O)C7CCCCC7)c6)cc45)nc23)c1. The van der Waals surface area contributed by atoms with Crippen molar-refractivity contribution in [2.75, 3.05) is 11.6 Å². The summed E-state index contributed by atoms with van der Waals surface area (Å²) in [5.74, 6) is -0.00887. The van der Waals surface area contributed by atoms with Gasteiger partial charge < -0.3 is 10.3 Å². The summed E-state index contributed by atoms with van der Waals surface area (Å²) in [6, 6.07) is 9.84. The van der Waals surface area contributed by atoms with Crippen LogP contribution in [0.5, 0.6) is 0 Å². The third-order valence-corrected chi connectivity index (χ3v) is 8.81. The summed E-state index contributed by atoms with van der Waals surface area (Å²) in [5, 5.41) is 11.3.